The van der Waals surface area contributed by atoms with Gasteiger partial charge in [-0.1, -0.05) is 55.4 Å². The smallest absolute Gasteiger partial charge is 0.347 e. The van der Waals surface area contributed by atoms with Crippen LogP contribution in [0.1, 0.15) is 81.5 Å². The number of hydrogen-bond acceptors (Lipinski definition) is 6. The van der Waals surface area contributed by atoms with Crippen molar-refractivity contribution in [3.05, 3.63) is 98.5 Å². The summed E-state index contributed by atoms with van der Waals surface area (Å²) in [5, 5.41) is 9.65. The normalized spacial score (nSPS) is 16.4. The lowest BCUT2D eigenvalue weighted by Gasteiger charge is -2.32. The Kier molecular flexibility index (Phi) is 9.07. The lowest BCUT2D eigenvalue weighted by Crippen LogP contribution is -2.19. The second kappa shape index (κ2) is 12.1. The van der Waals surface area contributed by atoms with Gasteiger partial charge in [-0.15, -0.1) is 0 Å². The van der Waals surface area contributed by atoms with E-state index in [9.17, 15) is 24.3 Å². The highest BCUT2D eigenvalue weighted by atomic mass is 16.5. The number of esters is 1. The molecular formula is C32H34O7. The van der Waals surface area contributed by atoms with Gasteiger partial charge in [-0.25, -0.2) is 14.4 Å². The van der Waals surface area contributed by atoms with Crippen LogP contribution < -0.4 is 10.4 Å². The molecule has 0 atom stereocenters. The number of benzene rings is 1. The molecule has 0 saturated carbocycles. The average Bonchev–Trinajstić information content (AvgIpc) is 2.81. The van der Waals surface area contributed by atoms with Crippen LogP contribution in [0.5, 0.6) is 5.75 Å². The third-order valence-corrected chi connectivity index (χ3v) is 6.77. The number of carbonyl (C=O) groups excluding carboxylic acids is 2. The minimum absolute atomic E-state index is 0.0523. The number of ketones is 1. The molecule has 0 unspecified atom stereocenters. The first kappa shape index (κ1) is 29.3. The Labute approximate surface area is 227 Å². The van der Waals surface area contributed by atoms with Crippen molar-refractivity contribution in [3.8, 4) is 5.75 Å². The molecule has 0 radical (unpaired) electrons. The van der Waals surface area contributed by atoms with Gasteiger partial charge in [0.2, 0.25) is 0 Å². The van der Waals surface area contributed by atoms with Crippen molar-refractivity contribution in [2.45, 2.75) is 60.8 Å². The monoisotopic (exact) mass is 530 g/mol. The highest BCUT2D eigenvalue weighted by Gasteiger charge is 2.26. The molecule has 204 valence electrons. The second-order valence-electron chi connectivity index (χ2n) is 10.5. The minimum atomic E-state index is -1.33. The van der Waals surface area contributed by atoms with Crippen LogP contribution in [0.25, 0.3) is 11.0 Å². The summed E-state index contributed by atoms with van der Waals surface area (Å²) in [5.74, 6) is -2.70. The van der Waals surface area contributed by atoms with Gasteiger partial charge >= 0.3 is 17.6 Å². The average molecular weight is 531 g/mol. The number of hydrogen-bond donors (Lipinski definition) is 1. The van der Waals surface area contributed by atoms with E-state index in [4.69, 9.17) is 9.15 Å². The first-order chi connectivity index (χ1) is 18.3. The Morgan fingerprint density at radius 3 is 2.38 bits per heavy atom. The van der Waals surface area contributed by atoms with E-state index in [1.165, 1.54) is 49.1 Å². The van der Waals surface area contributed by atoms with Crippen LogP contribution in [0.2, 0.25) is 0 Å². The van der Waals surface area contributed by atoms with Crippen LogP contribution in [0.3, 0.4) is 0 Å². The van der Waals surface area contributed by atoms with Gasteiger partial charge in [-0.05, 0) is 75.7 Å². The molecule has 0 spiro atoms. The van der Waals surface area contributed by atoms with Crippen LogP contribution in [0, 0.1) is 5.41 Å². The van der Waals surface area contributed by atoms with Crippen LogP contribution in [0.15, 0.2) is 86.2 Å². The van der Waals surface area contributed by atoms with E-state index < -0.39 is 23.3 Å². The summed E-state index contributed by atoms with van der Waals surface area (Å²) in [6, 6.07) is 3.56. The van der Waals surface area contributed by atoms with E-state index in [0.29, 0.717) is 5.57 Å². The molecular weight excluding hydrogens is 496 g/mol. The molecule has 3 rings (SSSR count). The Morgan fingerprint density at radius 2 is 1.74 bits per heavy atom. The largest absolute Gasteiger partial charge is 0.478 e. The number of aromatic carboxylic acids is 1. The minimum Gasteiger partial charge on any atom is -0.478 e. The third kappa shape index (κ3) is 7.41. The van der Waals surface area contributed by atoms with E-state index >= 15 is 0 Å². The maximum absolute atomic E-state index is 12.5. The molecule has 7 nitrogen and oxygen atoms in total. The topological polar surface area (TPSA) is 111 Å². The number of carbonyl (C=O) groups is 3. The number of carboxylic acid groups (broad SMARTS) is 1. The van der Waals surface area contributed by atoms with Crippen molar-refractivity contribution in [1.29, 1.82) is 0 Å². The molecule has 0 fully saturated rings. The molecule has 0 aliphatic heterocycles. The Balaban J connectivity index is 1.75. The quantitative estimate of drug-likeness (QED) is 0.0965. The highest BCUT2D eigenvalue weighted by Crippen LogP contribution is 2.40. The number of allylic oxidation sites excluding steroid dienone is 9. The summed E-state index contributed by atoms with van der Waals surface area (Å²) in [7, 11) is 0. The summed E-state index contributed by atoms with van der Waals surface area (Å²) >= 11 is 0. The molecule has 1 aliphatic rings. The van der Waals surface area contributed by atoms with Gasteiger partial charge in [0.25, 0.3) is 0 Å². The summed E-state index contributed by atoms with van der Waals surface area (Å²) in [5.41, 5.74) is 3.16. The predicted octanol–water partition coefficient (Wildman–Crippen LogP) is 7.13. The zero-order valence-electron chi connectivity index (χ0n) is 23.2. The number of rotatable bonds is 8. The van der Waals surface area contributed by atoms with Gasteiger partial charge in [-0.3, -0.25) is 4.79 Å². The first-order valence-electron chi connectivity index (χ1n) is 12.8. The van der Waals surface area contributed by atoms with Gasteiger partial charge in [0, 0.05) is 17.5 Å². The van der Waals surface area contributed by atoms with E-state index in [0.717, 1.165) is 18.1 Å². The molecule has 0 saturated heterocycles. The van der Waals surface area contributed by atoms with Crippen LogP contribution in [-0.4, -0.2) is 22.8 Å². The van der Waals surface area contributed by atoms with Crippen molar-refractivity contribution < 1.29 is 28.6 Å². The summed E-state index contributed by atoms with van der Waals surface area (Å²) < 4.78 is 10.4. The van der Waals surface area contributed by atoms with Crippen LogP contribution >= 0.6 is 0 Å². The zero-order valence-corrected chi connectivity index (χ0v) is 23.2. The zero-order chi connectivity index (χ0) is 28.9. The van der Waals surface area contributed by atoms with Gasteiger partial charge < -0.3 is 14.3 Å². The summed E-state index contributed by atoms with van der Waals surface area (Å²) in [6.07, 6.45) is 14.7. The molecule has 2 aromatic rings. The molecule has 1 aromatic carbocycles. The maximum Gasteiger partial charge on any atom is 0.347 e. The first-order valence-corrected chi connectivity index (χ1v) is 12.8. The van der Waals surface area contributed by atoms with Crippen LogP contribution in [-0.2, 0) is 4.79 Å². The van der Waals surface area contributed by atoms with E-state index in [1.807, 2.05) is 19.1 Å². The molecule has 1 heterocycles. The lowest BCUT2D eigenvalue weighted by atomic mass is 9.72. The highest BCUT2D eigenvalue weighted by molar-refractivity contribution is 6.05. The molecule has 1 aliphatic carbocycles. The van der Waals surface area contributed by atoms with Crippen molar-refractivity contribution in [3.63, 3.8) is 0 Å². The number of carboxylic acids is 1. The molecule has 7 heteroatoms. The number of fused-ring (bicyclic) bond motifs is 1. The standard InChI is InChI=1S/C32H34O7/c1-19(12-13-27-21(3)11-8-14-32(27,5)6)9-7-10-20(2)15-29(34)38-23-16-26(30(35)36)25-18-24(22(4)33)31(37)39-28(25)17-23/h7,9-10,12-13,15-18H,8,11,14H2,1-6H3,(H,35,36)/b10-7+,13-12+,19-9+,20-15+. The van der Waals surface area contributed by atoms with Gasteiger partial charge in [-0.2, -0.15) is 0 Å². The number of Topliss-reactive ketones (excluding diaryl/α,β-unsaturated/α-hetero) is 1. The molecule has 1 N–H and O–H groups in total. The second-order valence-corrected chi connectivity index (χ2v) is 10.5. The Hall–Kier alpha value is -4.26. The maximum atomic E-state index is 12.5. The Morgan fingerprint density at radius 1 is 1.03 bits per heavy atom. The van der Waals surface area contributed by atoms with Crippen molar-refractivity contribution >= 4 is 28.7 Å². The van der Waals surface area contributed by atoms with Gasteiger partial charge in [0.1, 0.15) is 16.9 Å². The summed E-state index contributed by atoms with van der Waals surface area (Å²) in [4.78, 5) is 48.0. The molecule has 0 amide bonds. The van der Waals surface area contributed by atoms with Gasteiger partial charge in [0.05, 0.1) is 5.56 Å². The summed E-state index contributed by atoms with van der Waals surface area (Å²) in [6.45, 7) is 11.7. The molecule has 1 aromatic heterocycles. The van der Waals surface area contributed by atoms with E-state index in [1.54, 1.807) is 13.0 Å². The fourth-order valence-electron chi connectivity index (χ4n) is 4.69. The van der Waals surface area contributed by atoms with Crippen molar-refractivity contribution in [2.75, 3.05) is 0 Å². The Bertz CT molecular complexity index is 1540. The third-order valence-electron chi connectivity index (χ3n) is 6.77. The van der Waals surface area contributed by atoms with Gasteiger partial charge in [0.15, 0.2) is 5.78 Å². The van der Waals surface area contributed by atoms with E-state index in [2.05, 4.69) is 32.9 Å². The number of ether oxygens (including phenoxy) is 1. The van der Waals surface area contributed by atoms with Crippen molar-refractivity contribution in [2.24, 2.45) is 5.41 Å². The van der Waals surface area contributed by atoms with Crippen molar-refractivity contribution in [1.82, 2.24) is 0 Å². The fourth-order valence-corrected chi connectivity index (χ4v) is 4.69. The fraction of sp³-hybridized carbons (Fsp3) is 0.312. The lowest BCUT2D eigenvalue weighted by molar-refractivity contribution is -0.129. The SMILES string of the molecule is CC(=O)c1cc2c(C(=O)O)cc(OC(=O)/C=C(C)/C=C/C=C(C)/C=C/C3=C(C)CCCC3(C)C)cc2oc1=O. The molecule has 0 bridgehead atoms. The predicted molar refractivity (Wildman–Crippen MR) is 151 cm³/mol. The van der Waals surface area contributed by atoms with E-state index in [-0.39, 0.29) is 33.3 Å². The molecule has 39 heavy (non-hydrogen) atoms. The van der Waals surface area contributed by atoms with Crippen LogP contribution in [0.4, 0.5) is 0 Å².